The molecule has 0 radical (unpaired) electrons. The van der Waals surface area contributed by atoms with Crippen molar-refractivity contribution in [1.82, 2.24) is 14.6 Å². The lowest BCUT2D eigenvalue weighted by Gasteiger charge is -2.29. The molecule has 1 amide bonds. The Morgan fingerprint density at radius 1 is 1.36 bits per heavy atom. The second-order valence-electron chi connectivity index (χ2n) is 7.43. The Labute approximate surface area is 170 Å². The van der Waals surface area contributed by atoms with Gasteiger partial charge in [0.05, 0.1) is 50.1 Å². The fourth-order valence-corrected chi connectivity index (χ4v) is 5.58. The molecule has 28 heavy (non-hydrogen) atoms. The van der Waals surface area contributed by atoms with E-state index in [9.17, 15) is 18.5 Å². The van der Waals surface area contributed by atoms with Crippen molar-refractivity contribution in [3.63, 3.8) is 0 Å². The van der Waals surface area contributed by atoms with Gasteiger partial charge in [-0.1, -0.05) is 11.8 Å². The number of sulfonamides is 1. The summed E-state index contributed by atoms with van der Waals surface area (Å²) in [5.41, 5.74) is -0.729. The van der Waals surface area contributed by atoms with E-state index in [1.54, 1.807) is 12.1 Å². The third-order valence-electron chi connectivity index (χ3n) is 5.32. The molecule has 10 heteroatoms. The van der Waals surface area contributed by atoms with Gasteiger partial charge in [0.25, 0.3) is 0 Å². The van der Waals surface area contributed by atoms with Crippen molar-refractivity contribution >= 4 is 27.7 Å². The largest absolute Gasteiger partial charge is 0.337 e. The van der Waals surface area contributed by atoms with Gasteiger partial charge in [-0.05, 0) is 37.8 Å². The van der Waals surface area contributed by atoms with E-state index < -0.39 is 15.6 Å². The molecule has 1 aromatic rings. The van der Waals surface area contributed by atoms with Crippen LogP contribution >= 0.6 is 11.8 Å². The number of pyridine rings is 1. The van der Waals surface area contributed by atoms with Crippen LogP contribution in [0.4, 0.5) is 0 Å². The van der Waals surface area contributed by atoms with E-state index in [4.69, 9.17) is 0 Å². The highest BCUT2D eigenvalue weighted by Crippen LogP contribution is 2.29. The van der Waals surface area contributed by atoms with Crippen LogP contribution in [0.2, 0.25) is 0 Å². The first kappa shape index (κ1) is 21.0. The number of aromatic nitrogens is 1. The van der Waals surface area contributed by atoms with Crippen LogP contribution in [-0.4, -0.2) is 68.1 Å². The highest BCUT2D eigenvalue weighted by atomic mass is 32.2. The highest BCUT2D eigenvalue weighted by Gasteiger charge is 2.35. The molecule has 2 fully saturated rings. The number of piperazine rings is 1. The SMILES string of the molecule is C[NH+]1CCN(S(=O)(=O)c2ccc(SCC(=O)NC3(C#N)CCCC3)nc2)CC1. The van der Waals surface area contributed by atoms with Gasteiger partial charge < -0.3 is 10.2 Å². The number of nitrogens with one attached hydrogen (secondary N) is 2. The Morgan fingerprint density at radius 2 is 2.04 bits per heavy atom. The van der Waals surface area contributed by atoms with E-state index in [-0.39, 0.29) is 16.6 Å². The minimum absolute atomic E-state index is 0.143. The minimum Gasteiger partial charge on any atom is -0.337 e. The zero-order valence-corrected chi connectivity index (χ0v) is 17.6. The number of carbonyl (C=O) groups excluding carboxylic acids is 1. The Balaban J connectivity index is 1.56. The maximum absolute atomic E-state index is 12.7. The first-order valence-electron chi connectivity index (χ1n) is 9.47. The van der Waals surface area contributed by atoms with Crippen molar-refractivity contribution in [2.45, 2.75) is 41.1 Å². The zero-order valence-electron chi connectivity index (χ0n) is 16.0. The second kappa shape index (κ2) is 8.78. The number of rotatable bonds is 6. The van der Waals surface area contributed by atoms with Gasteiger partial charge in [0.15, 0.2) is 0 Å². The van der Waals surface area contributed by atoms with Crippen LogP contribution in [0.3, 0.4) is 0 Å². The van der Waals surface area contributed by atoms with Gasteiger partial charge in [-0.2, -0.15) is 9.57 Å². The van der Waals surface area contributed by atoms with E-state index in [1.165, 1.54) is 27.2 Å². The summed E-state index contributed by atoms with van der Waals surface area (Å²) in [6.45, 7) is 2.59. The first-order chi connectivity index (χ1) is 13.3. The maximum Gasteiger partial charge on any atom is 0.245 e. The van der Waals surface area contributed by atoms with Crippen LogP contribution in [0.15, 0.2) is 28.3 Å². The third kappa shape index (κ3) is 4.84. The number of quaternary nitrogens is 1. The number of nitriles is 1. The van der Waals surface area contributed by atoms with E-state index in [0.717, 1.165) is 25.9 Å². The summed E-state index contributed by atoms with van der Waals surface area (Å²) in [5.74, 6) is -0.0593. The Kier molecular flexibility index (Phi) is 6.60. The normalized spacial score (nSPS) is 20.6. The zero-order chi connectivity index (χ0) is 20.2. The molecule has 0 unspecified atom stereocenters. The predicted molar refractivity (Wildman–Crippen MR) is 105 cm³/mol. The molecule has 1 aliphatic heterocycles. The number of amides is 1. The van der Waals surface area contributed by atoms with Crippen LogP contribution < -0.4 is 10.2 Å². The van der Waals surface area contributed by atoms with Gasteiger partial charge in [0, 0.05) is 6.20 Å². The van der Waals surface area contributed by atoms with E-state index in [0.29, 0.717) is 31.0 Å². The Morgan fingerprint density at radius 3 is 2.61 bits per heavy atom. The number of nitrogens with zero attached hydrogens (tertiary/aromatic N) is 3. The fraction of sp³-hybridized carbons (Fsp3) is 0.611. The minimum atomic E-state index is -3.53. The molecule has 2 aliphatic rings. The molecule has 152 valence electrons. The summed E-state index contributed by atoms with van der Waals surface area (Å²) in [4.78, 5) is 17.9. The fourth-order valence-electron chi connectivity index (χ4n) is 3.55. The molecule has 1 saturated carbocycles. The number of hydrogen-bond acceptors (Lipinski definition) is 6. The quantitative estimate of drug-likeness (QED) is 0.604. The monoisotopic (exact) mass is 424 g/mol. The molecule has 0 aromatic carbocycles. The third-order valence-corrected chi connectivity index (χ3v) is 8.15. The molecule has 2 N–H and O–H groups in total. The Hall–Kier alpha value is -1.67. The van der Waals surface area contributed by atoms with E-state index in [1.807, 2.05) is 0 Å². The van der Waals surface area contributed by atoms with Gasteiger partial charge in [-0.3, -0.25) is 4.79 Å². The van der Waals surface area contributed by atoms with Crippen LogP contribution in [0.1, 0.15) is 25.7 Å². The average molecular weight is 425 g/mol. The number of carbonyl (C=O) groups is 1. The molecule has 2 heterocycles. The summed E-state index contributed by atoms with van der Waals surface area (Å²) in [7, 11) is -1.47. The molecular formula is C18H26N5O3S2+. The molecule has 8 nitrogen and oxygen atoms in total. The summed E-state index contributed by atoms with van der Waals surface area (Å²) in [6.07, 6.45) is 4.64. The lowest BCUT2D eigenvalue weighted by atomic mass is 10.0. The lowest BCUT2D eigenvalue weighted by Crippen LogP contribution is -3.12. The van der Waals surface area contributed by atoms with Crippen molar-refractivity contribution in [3.8, 4) is 6.07 Å². The molecule has 0 spiro atoms. The average Bonchev–Trinajstić information content (AvgIpc) is 3.16. The number of thioether (sulfide) groups is 1. The summed E-state index contributed by atoms with van der Waals surface area (Å²) >= 11 is 1.23. The van der Waals surface area contributed by atoms with Crippen LogP contribution in [-0.2, 0) is 14.8 Å². The van der Waals surface area contributed by atoms with Crippen molar-refractivity contribution in [1.29, 1.82) is 5.26 Å². The molecule has 1 aromatic heterocycles. The van der Waals surface area contributed by atoms with Gasteiger partial charge >= 0.3 is 0 Å². The molecule has 1 aliphatic carbocycles. The topological polar surface area (TPSA) is 108 Å². The molecular weight excluding hydrogens is 398 g/mol. The van der Waals surface area contributed by atoms with Crippen LogP contribution in [0.5, 0.6) is 0 Å². The van der Waals surface area contributed by atoms with Gasteiger partial charge in [-0.15, -0.1) is 0 Å². The van der Waals surface area contributed by atoms with Crippen molar-refractivity contribution in [2.24, 2.45) is 0 Å². The van der Waals surface area contributed by atoms with E-state index in [2.05, 4.69) is 23.4 Å². The highest BCUT2D eigenvalue weighted by molar-refractivity contribution is 7.99. The van der Waals surface area contributed by atoms with Gasteiger partial charge in [0.1, 0.15) is 10.4 Å². The van der Waals surface area contributed by atoms with Gasteiger partial charge in [0.2, 0.25) is 15.9 Å². The second-order valence-corrected chi connectivity index (χ2v) is 10.4. The molecule has 0 atom stereocenters. The Bertz CT molecular complexity index is 837. The predicted octanol–water partition coefficient (Wildman–Crippen LogP) is -0.355. The first-order valence-corrected chi connectivity index (χ1v) is 11.9. The van der Waals surface area contributed by atoms with Crippen LogP contribution in [0, 0.1) is 11.3 Å². The smallest absolute Gasteiger partial charge is 0.245 e. The number of likely N-dealkylation sites (N-methyl/N-ethyl adjacent to an activating group) is 1. The summed E-state index contributed by atoms with van der Waals surface area (Å²) in [6, 6.07) is 5.40. The molecule has 3 rings (SSSR count). The standard InChI is InChI=1S/C18H25N5O3S2/c1-22-8-10-23(11-9-22)28(25,26)15-4-5-17(20-12-15)27-13-16(24)21-18(14-19)6-2-3-7-18/h4-5,12H,2-3,6-11,13H2,1H3,(H,21,24)/p+1. The summed E-state index contributed by atoms with van der Waals surface area (Å²) in [5, 5.41) is 12.8. The maximum atomic E-state index is 12.7. The van der Waals surface area contributed by atoms with Crippen molar-refractivity contribution < 1.29 is 18.1 Å². The van der Waals surface area contributed by atoms with E-state index >= 15 is 0 Å². The van der Waals surface area contributed by atoms with Crippen LogP contribution in [0.25, 0.3) is 0 Å². The van der Waals surface area contributed by atoms with Gasteiger partial charge in [-0.25, -0.2) is 13.4 Å². The van der Waals surface area contributed by atoms with Crippen molar-refractivity contribution in [3.05, 3.63) is 18.3 Å². The molecule has 0 bridgehead atoms. The molecule has 1 saturated heterocycles. The van der Waals surface area contributed by atoms with Crippen molar-refractivity contribution in [2.75, 3.05) is 39.0 Å². The lowest BCUT2D eigenvalue weighted by molar-refractivity contribution is -0.883. The number of hydrogen-bond donors (Lipinski definition) is 2. The summed E-state index contributed by atoms with van der Waals surface area (Å²) < 4.78 is 26.9.